The van der Waals surface area contributed by atoms with Crippen LogP contribution < -0.4 is 0 Å². The highest BCUT2D eigenvalue weighted by Crippen LogP contribution is 2.30. The van der Waals surface area contributed by atoms with Crippen molar-refractivity contribution < 1.29 is 4.79 Å². The topological polar surface area (TPSA) is 38.1 Å². The van der Waals surface area contributed by atoms with E-state index in [0.29, 0.717) is 17.6 Å². The lowest BCUT2D eigenvalue weighted by Gasteiger charge is -2.20. The summed E-state index contributed by atoms with van der Waals surface area (Å²) in [4.78, 5) is 14.5. The zero-order chi connectivity index (χ0) is 18.5. The molecule has 0 bridgehead atoms. The van der Waals surface area contributed by atoms with E-state index in [4.69, 9.17) is 11.6 Å². The molecule has 1 aliphatic rings. The predicted octanol–water partition coefficient (Wildman–Crippen LogP) is 4.56. The number of nitrogens with zero attached hydrogens (tertiary/aromatic N) is 3. The van der Waals surface area contributed by atoms with Crippen molar-refractivity contribution in [3.8, 4) is 0 Å². The third-order valence-electron chi connectivity index (χ3n) is 4.66. The van der Waals surface area contributed by atoms with E-state index in [9.17, 15) is 4.79 Å². The van der Waals surface area contributed by atoms with Crippen LogP contribution in [0.15, 0.2) is 36.4 Å². The molecule has 1 heterocycles. The highest BCUT2D eigenvalue weighted by molar-refractivity contribution is 6.31. The Hall–Kier alpha value is -2.07. The second-order valence-corrected chi connectivity index (χ2v) is 7.35. The first kappa shape index (κ1) is 18.7. The van der Waals surface area contributed by atoms with Crippen LogP contribution in [-0.2, 0) is 11.3 Å². The number of hydrogen-bond donors (Lipinski definition) is 0. The standard InChI is InChI=1S/C21H26ClN3O/c1-3-13-24(14-18-9-10-18)20(26)12-11-19-16(2)23-25(21(19)22)15-17-7-5-4-6-8-17/h4-8,11-12,18H,3,9-10,13-15H2,1-2H3. The fourth-order valence-electron chi connectivity index (χ4n) is 3.05. The SMILES string of the molecule is CCCN(CC1CC1)C(=O)C=Cc1c(C)nn(Cc2ccccc2)c1Cl. The summed E-state index contributed by atoms with van der Waals surface area (Å²) in [6, 6.07) is 10.1. The van der Waals surface area contributed by atoms with Gasteiger partial charge in [-0.25, -0.2) is 4.68 Å². The molecule has 0 atom stereocenters. The van der Waals surface area contributed by atoms with Gasteiger partial charge in [-0.05, 0) is 43.7 Å². The molecule has 138 valence electrons. The molecule has 1 aromatic carbocycles. The summed E-state index contributed by atoms with van der Waals surface area (Å²) in [7, 11) is 0. The smallest absolute Gasteiger partial charge is 0.246 e. The molecule has 1 aromatic heterocycles. The number of aryl methyl sites for hydroxylation is 1. The molecule has 0 saturated heterocycles. The number of carbonyl (C=O) groups excluding carboxylic acids is 1. The Morgan fingerprint density at radius 1 is 1.35 bits per heavy atom. The van der Waals surface area contributed by atoms with Gasteiger partial charge in [0.2, 0.25) is 5.91 Å². The number of amides is 1. The van der Waals surface area contributed by atoms with Crippen molar-refractivity contribution in [2.75, 3.05) is 13.1 Å². The lowest BCUT2D eigenvalue weighted by molar-refractivity contribution is -0.126. The van der Waals surface area contributed by atoms with E-state index in [0.717, 1.165) is 36.3 Å². The largest absolute Gasteiger partial charge is 0.339 e. The molecule has 5 heteroatoms. The van der Waals surface area contributed by atoms with Gasteiger partial charge in [0.1, 0.15) is 5.15 Å². The Morgan fingerprint density at radius 2 is 2.08 bits per heavy atom. The summed E-state index contributed by atoms with van der Waals surface area (Å²) in [6.45, 7) is 6.32. The molecule has 1 fully saturated rings. The van der Waals surface area contributed by atoms with Gasteiger partial charge in [-0.15, -0.1) is 0 Å². The summed E-state index contributed by atoms with van der Waals surface area (Å²) < 4.78 is 1.78. The van der Waals surface area contributed by atoms with Gasteiger partial charge in [-0.1, -0.05) is 48.9 Å². The summed E-state index contributed by atoms with van der Waals surface area (Å²) in [5, 5.41) is 5.10. The second-order valence-electron chi connectivity index (χ2n) is 6.99. The van der Waals surface area contributed by atoms with Crippen LogP contribution in [-0.4, -0.2) is 33.7 Å². The first-order valence-electron chi connectivity index (χ1n) is 9.32. The number of hydrogen-bond acceptors (Lipinski definition) is 2. The minimum atomic E-state index is 0.0602. The van der Waals surface area contributed by atoms with Crippen LogP contribution in [0.3, 0.4) is 0 Å². The van der Waals surface area contributed by atoms with Crippen LogP contribution in [0.1, 0.15) is 43.0 Å². The highest BCUT2D eigenvalue weighted by atomic mass is 35.5. The highest BCUT2D eigenvalue weighted by Gasteiger charge is 2.25. The fraction of sp³-hybridized carbons (Fsp3) is 0.429. The first-order valence-corrected chi connectivity index (χ1v) is 9.70. The van der Waals surface area contributed by atoms with Crippen LogP contribution in [0, 0.1) is 12.8 Å². The Balaban J connectivity index is 1.72. The molecule has 1 saturated carbocycles. The molecule has 3 rings (SSSR count). The zero-order valence-electron chi connectivity index (χ0n) is 15.5. The Labute approximate surface area is 160 Å². The lowest BCUT2D eigenvalue weighted by Crippen LogP contribution is -2.32. The maximum Gasteiger partial charge on any atom is 0.246 e. The monoisotopic (exact) mass is 371 g/mol. The lowest BCUT2D eigenvalue weighted by atomic mass is 10.2. The second kappa shape index (κ2) is 8.54. The predicted molar refractivity (Wildman–Crippen MR) is 106 cm³/mol. The molecule has 0 aliphatic heterocycles. The van der Waals surface area contributed by atoms with Crippen LogP contribution in [0.4, 0.5) is 0 Å². The third-order valence-corrected chi connectivity index (χ3v) is 5.06. The Kier molecular flexibility index (Phi) is 6.15. The van der Waals surface area contributed by atoms with Crippen molar-refractivity contribution in [1.82, 2.24) is 14.7 Å². The molecule has 1 amide bonds. The number of aromatic nitrogens is 2. The van der Waals surface area contributed by atoms with Crippen molar-refractivity contribution in [3.05, 3.63) is 58.4 Å². The summed E-state index contributed by atoms with van der Waals surface area (Å²) >= 11 is 6.52. The van der Waals surface area contributed by atoms with Crippen LogP contribution in [0.5, 0.6) is 0 Å². The Bertz CT molecular complexity index is 778. The van der Waals surface area contributed by atoms with Crippen LogP contribution in [0.2, 0.25) is 5.15 Å². The van der Waals surface area contributed by atoms with Gasteiger partial charge in [0.25, 0.3) is 0 Å². The van der Waals surface area contributed by atoms with Gasteiger partial charge in [0, 0.05) is 24.7 Å². The molecule has 0 unspecified atom stereocenters. The molecule has 0 spiro atoms. The van der Waals surface area contributed by atoms with Crippen molar-refractivity contribution in [3.63, 3.8) is 0 Å². The number of carbonyl (C=O) groups is 1. The van der Waals surface area contributed by atoms with Crippen molar-refractivity contribution in [1.29, 1.82) is 0 Å². The van der Waals surface area contributed by atoms with E-state index in [-0.39, 0.29) is 5.91 Å². The maximum atomic E-state index is 12.6. The fourth-order valence-corrected chi connectivity index (χ4v) is 3.35. The number of benzene rings is 1. The van der Waals surface area contributed by atoms with Crippen molar-refractivity contribution in [2.45, 2.75) is 39.7 Å². The van der Waals surface area contributed by atoms with Gasteiger partial charge in [-0.2, -0.15) is 5.10 Å². The third kappa shape index (κ3) is 4.76. The van der Waals surface area contributed by atoms with E-state index >= 15 is 0 Å². The molecular formula is C21H26ClN3O. The Morgan fingerprint density at radius 3 is 2.73 bits per heavy atom. The molecule has 2 aromatic rings. The normalized spacial score (nSPS) is 14.1. The van der Waals surface area contributed by atoms with Gasteiger partial charge < -0.3 is 4.90 Å². The van der Waals surface area contributed by atoms with E-state index < -0.39 is 0 Å². The summed E-state index contributed by atoms with van der Waals surface area (Å²) in [5.74, 6) is 0.753. The first-order chi connectivity index (χ1) is 12.6. The van der Waals surface area contributed by atoms with E-state index in [1.54, 1.807) is 10.8 Å². The van der Waals surface area contributed by atoms with Gasteiger partial charge >= 0.3 is 0 Å². The quantitative estimate of drug-likeness (QED) is 0.638. The summed E-state index contributed by atoms with van der Waals surface area (Å²) in [6.07, 6.45) is 6.91. The number of halogens is 1. The van der Waals surface area contributed by atoms with Crippen molar-refractivity contribution >= 4 is 23.6 Å². The summed E-state index contributed by atoms with van der Waals surface area (Å²) in [5.41, 5.74) is 2.79. The molecule has 1 aliphatic carbocycles. The average molecular weight is 372 g/mol. The molecule has 26 heavy (non-hydrogen) atoms. The molecule has 4 nitrogen and oxygen atoms in total. The van der Waals surface area contributed by atoms with Crippen molar-refractivity contribution in [2.24, 2.45) is 5.92 Å². The van der Waals surface area contributed by atoms with Gasteiger partial charge in [0.05, 0.1) is 12.2 Å². The van der Waals surface area contributed by atoms with E-state index in [2.05, 4.69) is 12.0 Å². The van der Waals surface area contributed by atoms with Crippen LogP contribution >= 0.6 is 11.6 Å². The minimum Gasteiger partial charge on any atom is -0.339 e. The van der Waals surface area contributed by atoms with Gasteiger partial charge in [-0.3, -0.25) is 4.79 Å². The zero-order valence-corrected chi connectivity index (χ0v) is 16.2. The molecule has 0 N–H and O–H groups in total. The van der Waals surface area contributed by atoms with Gasteiger partial charge in [0.15, 0.2) is 0 Å². The molecular weight excluding hydrogens is 346 g/mol. The average Bonchev–Trinajstić information content (AvgIpc) is 3.41. The number of rotatable bonds is 8. The van der Waals surface area contributed by atoms with E-state index in [1.807, 2.05) is 48.2 Å². The maximum absolute atomic E-state index is 12.6. The minimum absolute atomic E-state index is 0.0602. The molecule has 0 radical (unpaired) electrons. The van der Waals surface area contributed by atoms with Crippen LogP contribution in [0.25, 0.3) is 6.08 Å². The van der Waals surface area contributed by atoms with E-state index in [1.165, 1.54) is 12.8 Å².